The van der Waals surface area contributed by atoms with Crippen LogP contribution < -0.4 is 0 Å². The van der Waals surface area contributed by atoms with Crippen LogP contribution in [0.4, 0.5) is 4.79 Å². The summed E-state index contributed by atoms with van der Waals surface area (Å²) < 4.78 is 4.93. The third kappa shape index (κ3) is 2.70. The average molecular weight is 177 g/mol. The summed E-state index contributed by atoms with van der Waals surface area (Å²) in [6.45, 7) is 2.10. The Labute approximate surface area is 71.9 Å². The molecule has 0 aromatic rings. The van der Waals surface area contributed by atoms with E-state index in [9.17, 15) is 4.79 Å². The van der Waals surface area contributed by atoms with Crippen LogP contribution in [0.25, 0.3) is 0 Å². The van der Waals surface area contributed by atoms with Crippen molar-refractivity contribution >= 4 is 17.0 Å². The average Bonchev–Trinajstić information content (AvgIpc) is 1.93. The van der Waals surface area contributed by atoms with Crippen molar-refractivity contribution in [3.63, 3.8) is 0 Å². The lowest BCUT2D eigenvalue weighted by Crippen LogP contribution is -2.26. The van der Waals surface area contributed by atoms with E-state index in [2.05, 4.69) is 6.92 Å². The SMILES string of the molecule is C[C@@H]1CCCC[C@H]1OC(=O)Cl. The van der Waals surface area contributed by atoms with Gasteiger partial charge in [0.25, 0.3) is 0 Å². The molecule has 3 heteroatoms. The van der Waals surface area contributed by atoms with Crippen LogP contribution in [0.5, 0.6) is 0 Å². The number of ether oxygens (including phenoxy) is 1. The quantitative estimate of drug-likeness (QED) is 0.575. The summed E-state index contributed by atoms with van der Waals surface area (Å²) in [5.74, 6) is 0.478. The van der Waals surface area contributed by atoms with Gasteiger partial charge in [-0.15, -0.1) is 0 Å². The van der Waals surface area contributed by atoms with Crippen LogP contribution >= 0.6 is 11.6 Å². The number of carbonyl (C=O) groups excluding carboxylic acids is 1. The third-order valence-corrected chi connectivity index (χ3v) is 2.37. The molecule has 0 aromatic carbocycles. The lowest BCUT2D eigenvalue weighted by molar-refractivity contribution is 0.0597. The second kappa shape index (κ2) is 3.96. The van der Waals surface area contributed by atoms with Crippen molar-refractivity contribution in [3.8, 4) is 0 Å². The minimum Gasteiger partial charge on any atom is -0.450 e. The Morgan fingerprint density at radius 2 is 2.09 bits per heavy atom. The normalized spacial score (nSPS) is 31.5. The van der Waals surface area contributed by atoms with Gasteiger partial charge >= 0.3 is 5.43 Å². The molecule has 0 radical (unpaired) electrons. The van der Waals surface area contributed by atoms with Crippen LogP contribution in [0.2, 0.25) is 0 Å². The molecule has 1 aliphatic carbocycles. The second-order valence-electron chi connectivity index (χ2n) is 3.16. The smallest absolute Gasteiger partial charge is 0.404 e. The first-order valence-electron chi connectivity index (χ1n) is 4.06. The fourth-order valence-electron chi connectivity index (χ4n) is 1.58. The molecule has 0 unspecified atom stereocenters. The molecule has 0 heterocycles. The van der Waals surface area contributed by atoms with Gasteiger partial charge < -0.3 is 4.74 Å². The van der Waals surface area contributed by atoms with Gasteiger partial charge in [0.05, 0.1) is 0 Å². The molecular formula is C8H13ClO2. The highest BCUT2D eigenvalue weighted by Gasteiger charge is 2.23. The Kier molecular flexibility index (Phi) is 3.18. The van der Waals surface area contributed by atoms with Gasteiger partial charge in [0.1, 0.15) is 6.10 Å². The zero-order chi connectivity index (χ0) is 8.27. The Morgan fingerprint density at radius 3 is 2.64 bits per heavy atom. The van der Waals surface area contributed by atoms with Crippen LogP contribution in [0.3, 0.4) is 0 Å². The zero-order valence-electron chi connectivity index (χ0n) is 6.68. The molecular weight excluding hydrogens is 164 g/mol. The summed E-state index contributed by atoms with van der Waals surface area (Å²) in [7, 11) is 0. The highest BCUT2D eigenvalue weighted by molar-refractivity contribution is 6.61. The van der Waals surface area contributed by atoms with Crippen molar-refractivity contribution in [1.29, 1.82) is 0 Å². The van der Waals surface area contributed by atoms with Crippen molar-refractivity contribution in [1.82, 2.24) is 0 Å². The van der Waals surface area contributed by atoms with E-state index >= 15 is 0 Å². The summed E-state index contributed by atoms with van der Waals surface area (Å²) >= 11 is 5.12. The predicted octanol–water partition coefficient (Wildman–Crippen LogP) is 2.94. The second-order valence-corrected chi connectivity index (χ2v) is 3.46. The molecule has 0 aromatic heterocycles. The number of rotatable bonds is 1. The summed E-state index contributed by atoms with van der Waals surface area (Å²) in [5, 5.41) is 0. The van der Waals surface area contributed by atoms with Gasteiger partial charge in [0.15, 0.2) is 0 Å². The first kappa shape index (κ1) is 8.85. The monoisotopic (exact) mass is 176 g/mol. The van der Waals surface area contributed by atoms with E-state index in [-0.39, 0.29) is 6.10 Å². The third-order valence-electron chi connectivity index (χ3n) is 2.28. The fraction of sp³-hybridized carbons (Fsp3) is 0.875. The van der Waals surface area contributed by atoms with Gasteiger partial charge in [-0.25, -0.2) is 4.79 Å². The first-order valence-corrected chi connectivity index (χ1v) is 4.44. The Morgan fingerprint density at radius 1 is 1.45 bits per heavy atom. The molecule has 2 atom stereocenters. The van der Waals surface area contributed by atoms with Gasteiger partial charge in [-0.2, -0.15) is 0 Å². The van der Waals surface area contributed by atoms with Crippen molar-refractivity contribution in [2.75, 3.05) is 0 Å². The zero-order valence-corrected chi connectivity index (χ0v) is 7.43. The van der Waals surface area contributed by atoms with E-state index in [1.54, 1.807) is 0 Å². The number of hydrogen-bond acceptors (Lipinski definition) is 2. The minimum atomic E-state index is -0.663. The highest BCUT2D eigenvalue weighted by Crippen LogP contribution is 2.26. The van der Waals surface area contributed by atoms with Gasteiger partial charge in [0.2, 0.25) is 0 Å². The molecule has 0 aliphatic heterocycles. The Bertz CT molecular complexity index is 147. The van der Waals surface area contributed by atoms with Gasteiger partial charge in [-0.05, 0) is 25.2 Å². The van der Waals surface area contributed by atoms with Gasteiger partial charge in [-0.1, -0.05) is 13.3 Å². The largest absolute Gasteiger partial charge is 0.450 e. The summed E-state index contributed by atoms with van der Waals surface area (Å²) in [5.41, 5.74) is -0.663. The van der Waals surface area contributed by atoms with Crippen LogP contribution in [0, 0.1) is 5.92 Å². The van der Waals surface area contributed by atoms with Crippen molar-refractivity contribution in [2.24, 2.45) is 5.92 Å². The molecule has 2 nitrogen and oxygen atoms in total. The maximum Gasteiger partial charge on any atom is 0.404 e. The summed E-state index contributed by atoms with van der Waals surface area (Å²) in [6.07, 6.45) is 4.58. The van der Waals surface area contributed by atoms with E-state index in [0.29, 0.717) is 5.92 Å². The van der Waals surface area contributed by atoms with Gasteiger partial charge in [0, 0.05) is 11.6 Å². The highest BCUT2D eigenvalue weighted by atomic mass is 35.5. The van der Waals surface area contributed by atoms with Crippen molar-refractivity contribution < 1.29 is 9.53 Å². The lowest BCUT2D eigenvalue weighted by atomic mass is 9.88. The Balaban J connectivity index is 2.35. The van der Waals surface area contributed by atoms with E-state index in [1.165, 1.54) is 6.42 Å². The van der Waals surface area contributed by atoms with Crippen LogP contribution in [0.1, 0.15) is 32.6 Å². The van der Waals surface area contributed by atoms with E-state index in [4.69, 9.17) is 16.3 Å². The molecule has 1 saturated carbocycles. The van der Waals surface area contributed by atoms with Crippen molar-refractivity contribution in [2.45, 2.75) is 38.7 Å². The Hall–Kier alpha value is -0.240. The van der Waals surface area contributed by atoms with Crippen molar-refractivity contribution in [3.05, 3.63) is 0 Å². The molecule has 0 spiro atoms. The molecule has 1 rings (SSSR count). The maximum absolute atomic E-state index is 10.4. The minimum absolute atomic E-state index is 0.0637. The van der Waals surface area contributed by atoms with Crippen LogP contribution in [-0.2, 0) is 4.74 Å². The fourth-order valence-corrected chi connectivity index (χ4v) is 1.69. The van der Waals surface area contributed by atoms with Gasteiger partial charge in [-0.3, -0.25) is 0 Å². The summed E-state index contributed by atoms with van der Waals surface area (Å²) in [4.78, 5) is 10.4. The standard InChI is InChI=1S/C8H13ClO2/c1-6-4-2-3-5-7(6)11-8(9)10/h6-7H,2-5H2,1H3/t6-,7-/m1/s1. The van der Waals surface area contributed by atoms with Crippen LogP contribution in [0.15, 0.2) is 0 Å². The molecule has 0 bridgehead atoms. The molecule has 64 valence electrons. The van der Waals surface area contributed by atoms with Crippen LogP contribution in [-0.4, -0.2) is 11.5 Å². The first-order chi connectivity index (χ1) is 5.20. The topological polar surface area (TPSA) is 26.3 Å². The summed E-state index contributed by atoms with van der Waals surface area (Å²) in [6, 6.07) is 0. The molecule has 0 amide bonds. The molecule has 1 aliphatic rings. The number of carbonyl (C=O) groups is 1. The molecule has 0 saturated heterocycles. The maximum atomic E-state index is 10.4. The molecule has 1 fully saturated rings. The lowest BCUT2D eigenvalue weighted by Gasteiger charge is -2.27. The molecule has 0 N–H and O–H groups in total. The van der Waals surface area contributed by atoms with E-state index < -0.39 is 5.43 Å². The number of halogens is 1. The predicted molar refractivity (Wildman–Crippen MR) is 43.8 cm³/mol. The molecule has 11 heavy (non-hydrogen) atoms. The van der Waals surface area contributed by atoms with E-state index in [1.807, 2.05) is 0 Å². The number of hydrogen-bond donors (Lipinski definition) is 0. The van der Waals surface area contributed by atoms with E-state index in [0.717, 1.165) is 19.3 Å².